The van der Waals surface area contributed by atoms with Crippen molar-refractivity contribution in [3.05, 3.63) is 86.6 Å². The summed E-state index contributed by atoms with van der Waals surface area (Å²) in [5.74, 6) is 0.494. The molecule has 0 unspecified atom stereocenters. The topological polar surface area (TPSA) is 78.1 Å². The Hall–Kier alpha value is -2.51. The van der Waals surface area contributed by atoms with Gasteiger partial charge in [-0.25, -0.2) is 0 Å². The Kier molecular flexibility index (Phi) is 8.16. The number of hydrogen-bond acceptors (Lipinski definition) is 5. The average molecular weight is 531 g/mol. The van der Waals surface area contributed by atoms with Crippen LogP contribution in [0.2, 0.25) is 0 Å². The number of phenols is 2. The maximum Gasteiger partial charge on any atom is 0.124 e. The standard InChI is InChI=1S/C23H21Br2N3O2/c24-19-4-6-22(29)17(10-19)14-26-12-16(9-21-3-1-2-8-28-21)13-27-15-18-11-20(25)5-7-23(18)30/h1-8,10-11,14-16,29-30H,9,12-13H2. The first-order chi connectivity index (χ1) is 14.5. The van der Waals surface area contributed by atoms with Crippen molar-refractivity contribution in [3.8, 4) is 11.5 Å². The summed E-state index contributed by atoms with van der Waals surface area (Å²) >= 11 is 6.81. The largest absolute Gasteiger partial charge is 0.507 e. The van der Waals surface area contributed by atoms with Gasteiger partial charge in [-0.05, 0) is 55.0 Å². The second-order valence-corrected chi connectivity index (χ2v) is 8.62. The summed E-state index contributed by atoms with van der Waals surface area (Å²) in [6.07, 6.45) is 5.85. The first kappa shape index (κ1) is 22.2. The molecule has 0 spiro atoms. The fourth-order valence-electron chi connectivity index (χ4n) is 2.86. The zero-order chi connectivity index (χ0) is 21.3. The van der Waals surface area contributed by atoms with Crippen LogP contribution in [0.1, 0.15) is 16.8 Å². The summed E-state index contributed by atoms with van der Waals surface area (Å²) in [6.45, 7) is 1.06. The number of halogens is 2. The maximum absolute atomic E-state index is 9.98. The molecule has 5 nitrogen and oxygen atoms in total. The van der Waals surface area contributed by atoms with Gasteiger partial charge in [0.25, 0.3) is 0 Å². The highest BCUT2D eigenvalue weighted by atomic mass is 79.9. The second kappa shape index (κ2) is 11.0. The van der Waals surface area contributed by atoms with Crippen LogP contribution in [0.4, 0.5) is 0 Å². The van der Waals surface area contributed by atoms with Crippen LogP contribution in [0.3, 0.4) is 0 Å². The molecular formula is C23H21Br2N3O2. The minimum Gasteiger partial charge on any atom is -0.507 e. The monoisotopic (exact) mass is 529 g/mol. The molecule has 2 aromatic carbocycles. The van der Waals surface area contributed by atoms with Gasteiger partial charge < -0.3 is 10.2 Å². The maximum atomic E-state index is 9.98. The molecular weight excluding hydrogens is 510 g/mol. The van der Waals surface area contributed by atoms with E-state index in [0.717, 1.165) is 21.1 Å². The van der Waals surface area contributed by atoms with E-state index >= 15 is 0 Å². The lowest BCUT2D eigenvalue weighted by Gasteiger charge is -2.12. The van der Waals surface area contributed by atoms with E-state index in [4.69, 9.17) is 0 Å². The Morgan fingerprint density at radius 3 is 1.90 bits per heavy atom. The molecule has 3 rings (SSSR count). The summed E-state index contributed by atoms with van der Waals surface area (Å²) in [6, 6.07) is 16.3. The highest BCUT2D eigenvalue weighted by Crippen LogP contribution is 2.21. The van der Waals surface area contributed by atoms with E-state index in [-0.39, 0.29) is 17.4 Å². The predicted octanol–water partition coefficient (Wildman–Crippen LogP) is 5.41. The summed E-state index contributed by atoms with van der Waals surface area (Å²) in [4.78, 5) is 13.5. The third-order valence-electron chi connectivity index (χ3n) is 4.39. The van der Waals surface area contributed by atoms with Crippen molar-refractivity contribution in [2.45, 2.75) is 6.42 Å². The third kappa shape index (κ3) is 6.78. The van der Waals surface area contributed by atoms with Crippen LogP contribution in [0, 0.1) is 5.92 Å². The summed E-state index contributed by atoms with van der Waals surface area (Å²) in [5.41, 5.74) is 2.29. The molecule has 0 aliphatic rings. The smallest absolute Gasteiger partial charge is 0.124 e. The summed E-state index contributed by atoms with van der Waals surface area (Å²) < 4.78 is 1.76. The fourth-order valence-corrected chi connectivity index (χ4v) is 3.62. The molecule has 3 aromatic rings. The number of rotatable bonds is 8. The van der Waals surface area contributed by atoms with Crippen LogP contribution in [0.15, 0.2) is 79.7 Å². The Bertz CT molecular complexity index is 976. The fraction of sp³-hybridized carbons (Fsp3) is 0.174. The van der Waals surface area contributed by atoms with Crippen LogP contribution in [-0.4, -0.2) is 40.7 Å². The van der Waals surface area contributed by atoms with Gasteiger partial charge in [0.15, 0.2) is 0 Å². The molecule has 2 N–H and O–H groups in total. The zero-order valence-electron chi connectivity index (χ0n) is 16.1. The first-order valence-corrected chi connectivity index (χ1v) is 11.0. The van der Waals surface area contributed by atoms with Gasteiger partial charge in [-0.15, -0.1) is 0 Å². The number of aromatic hydroxyl groups is 2. The molecule has 0 aliphatic heterocycles. The molecule has 1 heterocycles. The Balaban J connectivity index is 1.71. The number of nitrogens with zero attached hydrogens (tertiary/aromatic N) is 3. The van der Waals surface area contributed by atoms with E-state index in [1.54, 1.807) is 42.9 Å². The molecule has 0 aliphatic carbocycles. The molecule has 0 radical (unpaired) electrons. The van der Waals surface area contributed by atoms with Crippen LogP contribution in [0.25, 0.3) is 0 Å². The van der Waals surface area contributed by atoms with E-state index in [2.05, 4.69) is 46.8 Å². The average Bonchev–Trinajstić information content (AvgIpc) is 2.73. The molecule has 0 amide bonds. The van der Waals surface area contributed by atoms with E-state index in [9.17, 15) is 10.2 Å². The Morgan fingerprint density at radius 2 is 1.40 bits per heavy atom. The number of pyridine rings is 1. The molecule has 30 heavy (non-hydrogen) atoms. The van der Waals surface area contributed by atoms with Crippen LogP contribution >= 0.6 is 31.9 Å². The molecule has 0 saturated heterocycles. The van der Waals surface area contributed by atoms with Gasteiger partial charge in [-0.3, -0.25) is 15.0 Å². The normalized spacial score (nSPS) is 12.6. The quantitative estimate of drug-likeness (QED) is 0.382. The van der Waals surface area contributed by atoms with Gasteiger partial charge in [-0.1, -0.05) is 37.9 Å². The van der Waals surface area contributed by atoms with E-state index in [1.165, 1.54) is 0 Å². The summed E-state index contributed by atoms with van der Waals surface area (Å²) in [7, 11) is 0. The van der Waals surface area contributed by atoms with Gasteiger partial charge in [0.05, 0.1) is 0 Å². The van der Waals surface area contributed by atoms with Crippen molar-refractivity contribution in [1.82, 2.24) is 4.98 Å². The van der Waals surface area contributed by atoms with Gasteiger partial charge in [-0.2, -0.15) is 0 Å². The van der Waals surface area contributed by atoms with Gasteiger partial charge >= 0.3 is 0 Å². The highest BCUT2D eigenvalue weighted by molar-refractivity contribution is 9.10. The van der Waals surface area contributed by atoms with Crippen LogP contribution in [0.5, 0.6) is 11.5 Å². The third-order valence-corrected chi connectivity index (χ3v) is 5.38. The van der Waals surface area contributed by atoms with Gasteiger partial charge in [0.1, 0.15) is 11.5 Å². The van der Waals surface area contributed by atoms with Gasteiger partial charge in [0, 0.05) is 63.4 Å². The lowest BCUT2D eigenvalue weighted by Crippen LogP contribution is -2.14. The van der Waals surface area contributed by atoms with Gasteiger partial charge in [0.2, 0.25) is 0 Å². The van der Waals surface area contributed by atoms with Crippen LogP contribution in [-0.2, 0) is 6.42 Å². The van der Waals surface area contributed by atoms with Crippen molar-refractivity contribution >= 4 is 44.3 Å². The molecule has 0 fully saturated rings. The first-order valence-electron chi connectivity index (χ1n) is 9.38. The lowest BCUT2D eigenvalue weighted by atomic mass is 10.0. The van der Waals surface area contributed by atoms with Crippen molar-refractivity contribution < 1.29 is 10.2 Å². The molecule has 0 bridgehead atoms. The second-order valence-electron chi connectivity index (χ2n) is 6.79. The predicted molar refractivity (Wildman–Crippen MR) is 128 cm³/mol. The zero-order valence-corrected chi connectivity index (χ0v) is 19.3. The Labute approximate surface area is 192 Å². The van der Waals surface area contributed by atoms with Crippen molar-refractivity contribution in [2.24, 2.45) is 15.9 Å². The van der Waals surface area contributed by atoms with Crippen molar-refractivity contribution in [2.75, 3.05) is 13.1 Å². The Morgan fingerprint density at radius 1 is 0.833 bits per heavy atom. The van der Waals surface area contributed by atoms with E-state index < -0.39 is 0 Å². The summed E-state index contributed by atoms with van der Waals surface area (Å²) in [5, 5.41) is 20.0. The SMILES string of the molecule is Oc1ccc(Br)cc1C=NCC(CN=Cc1cc(Br)ccc1O)Cc1ccccn1. The number of hydrogen-bond donors (Lipinski definition) is 2. The van der Waals surface area contributed by atoms with Crippen molar-refractivity contribution in [3.63, 3.8) is 0 Å². The number of phenolic OH excluding ortho intramolecular Hbond substituents is 2. The van der Waals surface area contributed by atoms with E-state index in [0.29, 0.717) is 24.2 Å². The molecule has 7 heteroatoms. The van der Waals surface area contributed by atoms with Crippen molar-refractivity contribution in [1.29, 1.82) is 0 Å². The highest BCUT2D eigenvalue weighted by Gasteiger charge is 2.10. The number of aromatic nitrogens is 1. The molecule has 0 atom stereocenters. The number of aliphatic imine (C=N–C) groups is 2. The lowest BCUT2D eigenvalue weighted by molar-refractivity contribution is 0.474. The molecule has 1 aromatic heterocycles. The van der Waals surface area contributed by atoms with E-state index in [1.807, 2.05) is 30.3 Å². The number of benzene rings is 2. The molecule has 154 valence electrons. The minimum absolute atomic E-state index is 0.121. The van der Waals surface area contributed by atoms with Crippen LogP contribution < -0.4 is 0 Å². The molecule has 0 saturated carbocycles. The minimum atomic E-state index is 0.121.